The molecule has 0 heterocycles. The summed E-state index contributed by atoms with van der Waals surface area (Å²) in [5.74, 6) is -2.78. The Hall–Kier alpha value is -2.85. The lowest BCUT2D eigenvalue weighted by Gasteiger charge is -2.07. The van der Waals surface area contributed by atoms with Crippen LogP contribution in [0, 0.1) is 29.6 Å². The van der Waals surface area contributed by atoms with E-state index < -0.39 is 60.1 Å². The van der Waals surface area contributed by atoms with Crippen molar-refractivity contribution in [3.63, 3.8) is 0 Å². The Kier molecular flexibility index (Phi) is 34.3. The van der Waals surface area contributed by atoms with Crippen LogP contribution in [-0.2, 0) is 24.0 Å². The summed E-state index contributed by atoms with van der Waals surface area (Å²) in [6.45, 7) is 19.5. The number of aliphatic carboxylic acids is 5. The van der Waals surface area contributed by atoms with Crippen LogP contribution >= 0.6 is 0 Å². The maximum Gasteiger partial charge on any atom is 0.320 e. The molecular formula is C30H65N5O10. The van der Waals surface area contributed by atoms with Crippen LogP contribution in [0.2, 0.25) is 0 Å². The number of carbonyl (C=O) groups is 5. The van der Waals surface area contributed by atoms with Gasteiger partial charge in [-0.3, -0.25) is 24.0 Å². The zero-order valence-electron chi connectivity index (χ0n) is 29.0. The molecule has 0 saturated carbocycles. The predicted molar refractivity (Wildman–Crippen MR) is 175 cm³/mol. The van der Waals surface area contributed by atoms with Crippen molar-refractivity contribution in [2.24, 2.45) is 58.3 Å². The van der Waals surface area contributed by atoms with Crippen molar-refractivity contribution in [1.29, 1.82) is 0 Å². The highest BCUT2D eigenvalue weighted by Crippen LogP contribution is 2.04. The third-order valence-electron chi connectivity index (χ3n) is 5.21. The second-order valence-electron chi connectivity index (χ2n) is 12.9. The SMILES string of the molecule is CC(C)CC(N)C(=O)O.CC(C)CC(N)C(=O)O.CC(C)CC(N)C(=O)O.CC(C)CC(N)C(=O)O.CC(C)CC(N)C(=O)O. The van der Waals surface area contributed by atoms with Crippen molar-refractivity contribution in [3.8, 4) is 0 Å². The minimum Gasteiger partial charge on any atom is -0.480 e. The molecule has 0 spiro atoms. The number of nitrogens with two attached hydrogens (primary N) is 5. The molecule has 0 aliphatic rings. The standard InChI is InChI=1S/5C6H13NO2/c5*1-4(2)3-5(7)6(8)9/h5*4-5H,3,7H2,1-2H3,(H,8,9). The molecule has 15 nitrogen and oxygen atoms in total. The van der Waals surface area contributed by atoms with E-state index in [4.69, 9.17) is 54.2 Å². The zero-order chi connectivity index (χ0) is 37.2. The fourth-order valence-electron chi connectivity index (χ4n) is 3.04. The Bertz CT molecular complexity index is 657. The van der Waals surface area contributed by atoms with Gasteiger partial charge in [0.05, 0.1) is 0 Å². The summed E-state index contributed by atoms with van der Waals surface area (Å²) in [6, 6.07) is -3.45. The van der Waals surface area contributed by atoms with Crippen LogP contribution in [0.25, 0.3) is 0 Å². The minimum atomic E-state index is -0.913. The number of rotatable bonds is 15. The van der Waals surface area contributed by atoms with Crippen LogP contribution in [-0.4, -0.2) is 85.6 Å². The molecule has 15 heteroatoms. The fraction of sp³-hybridized carbons (Fsp3) is 0.833. The highest BCUT2D eigenvalue weighted by Gasteiger charge is 2.14. The Labute approximate surface area is 269 Å². The molecule has 0 aromatic carbocycles. The fourth-order valence-corrected chi connectivity index (χ4v) is 3.04. The van der Waals surface area contributed by atoms with Crippen LogP contribution in [0.15, 0.2) is 0 Å². The monoisotopic (exact) mass is 655 g/mol. The van der Waals surface area contributed by atoms with Gasteiger partial charge in [-0.1, -0.05) is 69.2 Å². The van der Waals surface area contributed by atoms with Gasteiger partial charge in [0.1, 0.15) is 30.2 Å². The molecule has 0 amide bonds. The van der Waals surface area contributed by atoms with Gasteiger partial charge >= 0.3 is 29.8 Å². The summed E-state index contributed by atoms with van der Waals surface area (Å²) in [5, 5.41) is 41.5. The Morgan fingerprint density at radius 3 is 0.444 bits per heavy atom. The number of carboxylic acid groups (broad SMARTS) is 5. The molecule has 0 fully saturated rings. The first-order chi connectivity index (χ1) is 20.2. The molecule has 0 aromatic heterocycles. The molecule has 15 N–H and O–H groups in total. The lowest BCUT2D eigenvalue weighted by molar-refractivity contribution is -0.139. The molecule has 5 unspecified atom stereocenters. The van der Waals surface area contributed by atoms with E-state index in [-0.39, 0.29) is 0 Å². The lowest BCUT2D eigenvalue weighted by Crippen LogP contribution is -2.31. The van der Waals surface area contributed by atoms with E-state index in [0.29, 0.717) is 61.7 Å². The van der Waals surface area contributed by atoms with Gasteiger partial charge in [0.25, 0.3) is 0 Å². The van der Waals surface area contributed by atoms with E-state index in [9.17, 15) is 24.0 Å². The highest BCUT2D eigenvalue weighted by molar-refractivity contribution is 5.74. The van der Waals surface area contributed by atoms with Crippen molar-refractivity contribution in [3.05, 3.63) is 0 Å². The minimum absolute atomic E-state index is 0.357. The summed E-state index contributed by atoms with van der Waals surface area (Å²) in [7, 11) is 0. The molecule has 0 saturated heterocycles. The molecule has 5 atom stereocenters. The van der Waals surface area contributed by atoms with Crippen LogP contribution < -0.4 is 28.7 Å². The van der Waals surface area contributed by atoms with Crippen molar-refractivity contribution in [2.75, 3.05) is 0 Å². The molecule has 270 valence electrons. The van der Waals surface area contributed by atoms with E-state index >= 15 is 0 Å². The molecule has 0 aliphatic heterocycles. The van der Waals surface area contributed by atoms with E-state index in [2.05, 4.69) is 0 Å². The van der Waals surface area contributed by atoms with Crippen molar-refractivity contribution < 1.29 is 49.5 Å². The first-order valence-corrected chi connectivity index (χ1v) is 15.1. The summed E-state index contributed by atoms with van der Waals surface area (Å²) in [4.78, 5) is 50.5. The molecule has 0 radical (unpaired) electrons. The Balaban J connectivity index is -0.000000148. The average molecular weight is 656 g/mol. The largest absolute Gasteiger partial charge is 0.480 e. The van der Waals surface area contributed by atoms with Gasteiger partial charge in [0, 0.05) is 0 Å². The topological polar surface area (TPSA) is 317 Å². The van der Waals surface area contributed by atoms with Gasteiger partial charge in [0.15, 0.2) is 0 Å². The molecule has 45 heavy (non-hydrogen) atoms. The van der Waals surface area contributed by atoms with Gasteiger partial charge in [0.2, 0.25) is 0 Å². The van der Waals surface area contributed by atoms with E-state index in [1.54, 1.807) is 0 Å². The second kappa shape index (κ2) is 29.8. The zero-order valence-corrected chi connectivity index (χ0v) is 29.0. The molecule has 0 aromatic rings. The second-order valence-corrected chi connectivity index (χ2v) is 12.9. The maximum absolute atomic E-state index is 10.1. The first-order valence-electron chi connectivity index (χ1n) is 15.1. The normalized spacial score (nSPS) is 13.8. The van der Waals surface area contributed by atoms with Gasteiger partial charge in [-0.15, -0.1) is 0 Å². The first kappa shape index (κ1) is 51.7. The lowest BCUT2D eigenvalue weighted by atomic mass is 10.1. The van der Waals surface area contributed by atoms with Crippen LogP contribution in [0.3, 0.4) is 0 Å². The van der Waals surface area contributed by atoms with E-state index in [0.717, 1.165) is 0 Å². The predicted octanol–water partition coefficient (Wildman–Crippen LogP) is 2.22. The third-order valence-corrected chi connectivity index (χ3v) is 5.21. The number of carboxylic acids is 5. The summed E-state index contributed by atoms with van der Waals surface area (Å²) in [5.41, 5.74) is 26.1. The van der Waals surface area contributed by atoms with Crippen LogP contribution in [0.4, 0.5) is 0 Å². The molecule has 0 bridgehead atoms. The quantitative estimate of drug-likeness (QED) is 0.121. The van der Waals surface area contributed by atoms with Crippen molar-refractivity contribution in [1.82, 2.24) is 0 Å². The maximum atomic E-state index is 10.1. The number of hydrogen-bond donors (Lipinski definition) is 10. The van der Waals surface area contributed by atoms with Crippen LogP contribution in [0.1, 0.15) is 101 Å². The van der Waals surface area contributed by atoms with Gasteiger partial charge in [-0.05, 0) is 61.7 Å². The summed E-state index contributed by atoms with van der Waals surface area (Å²) < 4.78 is 0. The molecule has 0 rings (SSSR count). The van der Waals surface area contributed by atoms with E-state index in [1.807, 2.05) is 69.2 Å². The molecular weight excluding hydrogens is 590 g/mol. The van der Waals surface area contributed by atoms with Gasteiger partial charge in [-0.25, -0.2) is 0 Å². The Morgan fingerprint density at radius 1 is 0.333 bits per heavy atom. The smallest absolute Gasteiger partial charge is 0.320 e. The average Bonchev–Trinajstić information content (AvgIpc) is 2.83. The third kappa shape index (κ3) is 45.7. The summed E-state index contributed by atoms with van der Waals surface area (Å²) >= 11 is 0. The van der Waals surface area contributed by atoms with Crippen molar-refractivity contribution in [2.45, 2.75) is 132 Å². The highest BCUT2D eigenvalue weighted by atomic mass is 16.4. The van der Waals surface area contributed by atoms with Gasteiger partial charge in [-0.2, -0.15) is 0 Å². The molecule has 0 aliphatic carbocycles. The van der Waals surface area contributed by atoms with Crippen molar-refractivity contribution >= 4 is 29.8 Å². The number of hydrogen-bond acceptors (Lipinski definition) is 10. The van der Waals surface area contributed by atoms with Crippen LogP contribution in [0.5, 0.6) is 0 Å². The van der Waals surface area contributed by atoms with Gasteiger partial charge < -0.3 is 54.2 Å². The van der Waals surface area contributed by atoms with E-state index in [1.165, 1.54) is 0 Å². The Morgan fingerprint density at radius 2 is 0.422 bits per heavy atom. The summed E-state index contributed by atoms with van der Waals surface area (Å²) in [6.07, 6.45) is 2.75.